The van der Waals surface area contributed by atoms with E-state index in [4.69, 9.17) is 20.2 Å². The molecule has 0 atom stereocenters. The van der Waals surface area contributed by atoms with E-state index in [-0.39, 0.29) is 28.0 Å². The first-order valence-electron chi connectivity index (χ1n) is 5.88. The fourth-order valence-corrected chi connectivity index (χ4v) is 2.73. The van der Waals surface area contributed by atoms with Crippen molar-refractivity contribution in [3.05, 3.63) is 17.7 Å². The summed E-state index contributed by atoms with van der Waals surface area (Å²) < 4.78 is 33.1. The first-order valence-corrected chi connectivity index (χ1v) is 8.19. The molecule has 0 spiro atoms. The number of rotatable bonds is 5. The first kappa shape index (κ1) is 14.9. The Labute approximate surface area is 121 Å². The number of hydrogen-bond donors (Lipinski definition) is 1. The van der Waals surface area contributed by atoms with Gasteiger partial charge in [-0.3, -0.25) is 4.79 Å². The number of halogens is 1. The predicted molar refractivity (Wildman–Crippen MR) is 73.1 cm³/mol. The molecule has 0 unspecified atom stereocenters. The van der Waals surface area contributed by atoms with Gasteiger partial charge in [-0.05, 0) is 18.9 Å². The summed E-state index contributed by atoms with van der Waals surface area (Å²) in [5.41, 5.74) is 0.111. The zero-order chi connectivity index (χ0) is 14.9. The second-order valence-electron chi connectivity index (χ2n) is 4.39. The van der Waals surface area contributed by atoms with Gasteiger partial charge in [0, 0.05) is 22.8 Å². The highest BCUT2D eigenvalue weighted by Crippen LogP contribution is 2.34. The summed E-state index contributed by atoms with van der Waals surface area (Å²) in [6.07, 6.45) is 1.84. The molecule has 6 nitrogen and oxygen atoms in total. The van der Waals surface area contributed by atoms with Crippen molar-refractivity contribution in [1.29, 1.82) is 0 Å². The normalized spacial score (nSPS) is 14.8. The van der Waals surface area contributed by atoms with Crippen LogP contribution in [0, 0.1) is 0 Å². The second-order valence-corrected chi connectivity index (χ2v) is 6.92. The third-order valence-corrected chi connectivity index (χ3v) is 4.25. The van der Waals surface area contributed by atoms with Gasteiger partial charge in [-0.1, -0.05) is 0 Å². The Morgan fingerprint density at radius 3 is 2.30 bits per heavy atom. The minimum absolute atomic E-state index is 0.0276. The van der Waals surface area contributed by atoms with Crippen molar-refractivity contribution in [3.63, 3.8) is 0 Å². The van der Waals surface area contributed by atoms with Crippen LogP contribution in [0.25, 0.3) is 0 Å². The Hall–Kier alpha value is -1.47. The molecular weight excluding hydrogens is 306 g/mol. The van der Waals surface area contributed by atoms with Crippen LogP contribution in [0.3, 0.4) is 0 Å². The van der Waals surface area contributed by atoms with Crippen LogP contribution >= 0.6 is 10.7 Å². The van der Waals surface area contributed by atoms with Crippen LogP contribution in [0.2, 0.25) is 0 Å². The van der Waals surface area contributed by atoms with Gasteiger partial charge in [0.05, 0.1) is 19.8 Å². The summed E-state index contributed by atoms with van der Waals surface area (Å²) in [5, 5.41) is 2.76. The van der Waals surface area contributed by atoms with Crippen molar-refractivity contribution in [1.82, 2.24) is 5.32 Å². The third-order valence-electron chi connectivity index (χ3n) is 2.91. The van der Waals surface area contributed by atoms with Crippen molar-refractivity contribution in [3.8, 4) is 11.5 Å². The summed E-state index contributed by atoms with van der Waals surface area (Å²) in [5.74, 6) is -0.141. The monoisotopic (exact) mass is 319 g/mol. The van der Waals surface area contributed by atoms with Crippen LogP contribution in [-0.4, -0.2) is 34.6 Å². The van der Waals surface area contributed by atoms with E-state index in [1.807, 2.05) is 0 Å². The van der Waals surface area contributed by atoms with Crippen molar-refractivity contribution in [2.75, 3.05) is 14.2 Å². The maximum absolute atomic E-state index is 12.1. The van der Waals surface area contributed by atoms with Gasteiger partial charge in [-0.2, -0.15) is 0 Å². The second kappa shape index (κ2) is 5.49. The van der Waals surface area contributed by atoms with Crippen molar-refractivity contribution in [2.45, 2.75) is 23.8 Å². The molecule has 1 aromatic carbocycles. The minimum atomic E-state index is -4.03. The lowest BCUT2D eigenvalue weighted by Crippen LogP contribution is -2.26. The smallest absolute Gasteiger partial charge is 0.265 e. The van der Waals surface area contributed by atoms with E-state index in [0.717, 1.165) is 18.9 Å². The molecule has 0 saturated heterocycles. The zero-order valence-electron chi connectivity index (χ0n) is 11.0. The minimum Gasteiger partial charge on any atom is -0.496 e. The molecule has 0 radical (unpaired) electrons. The van der Waals surface area contributed by atoms with Gasteiger partial charge >= 0.3 is 0 Å². The number of methoxy groups -OCH3 is 2. The maximum atomic E-state index is 12.1. The van der Waals surface area contributed by atoms with Gasteiger partial charge in [0.25, 0.3) is 15.0 Å². The molecule has 0 aromatic heterocycles. The van der Waals surface area contributed by atoms with Crippen LogP contribution in [0.4, 0.5) is 0 Å². The summed E-state index contributed by atoms with van der Waals surface area (Å²) >= 11 is 0. The summed E-state index contributed by atoms with van der Waals surface area (Å²) in [4.78, 5) is 11.8. The highest BCUT2D eigenvalue weighted by atomic mass is 35.7. The number of ether oxygens (including phenoxy) is 2. The Morgan fingerprint density at radius 2 is 1.85 bits per heavy atom. The summed E-state index contributed by atoms with van der Waals surface area (Å²) in [6.45, 7) is 0. The number of hydrogen-bond acceptors (Lipinski definition) is 5. The van der Waals surface area contributed by atoms with Crippen LogP contribution in [0.1, 0.15) is 23.2 Å². The lowest BCUT2D eigenvalue weighted by atomic mass is 10.1. The average Bonchev–Trinajstić information content (AvgIpc) is 3.19. The van der Waals surface area contributed by atoms with E-state index >= 15 is 0 Å². The summed E-state index contributed by atoms with van der Waals surface area (Å²) in [7, 11) is 4.02. The van der Waals surface area contributed by atoms with E-state index in [1.165, 1.54) is 20.3 Å². The van der Waals surface area contributed by atoms with Crippen LogP contribution < -0.4 is 14.8 Å². The molecule has 110 valence electrons. The number of carbonyl (C=O) groups excluding carboxylic acids is 1. The Kier molecular flexibility index (Phi) is 4.10. The van der Waals surface area contributed by atoms with Gasteiger partial charge in [0.15, 0.2) is 0 Å². The lowest BCUT2D eigenvalue weighted by Gasteiger charge is -2.13. The van der Waals surface area contributed by atoms with Crippen LogP contribution in [-0.2, 0) is 9.05 Å². The van der Waals surface area contributed by atoms with E-state index in [0.29, 0.717) is 0 Å². The average molecular weight is 320 g/mol. The molecule has 8 heteroatoms. The molecule has 1 aliphatic carbocycles. The molecule has 2 rings (SSSR count). The van der Waals surface area contributed by atoms with Crippen molar-refractivity contribution < 1.29 is 22.7 Å². The molecule has 1 fully saturated rings. The Morgan fingerprint density at radius 1 is 1.25 bits per heavy atom. The number of amides is 1. The van der Waals surface area contributed by atoms with Gasteiger partial charge in [0.1, 0.15) is 16.4 Å². The van der Waals surface area contributed by atoms with Gasteiger partial charge in [-0.25, -0.2) is 8.42 Å². The zero-order valence-corrected chi connectivity index (χ0v) is 12.5. The van der Waals surface area contributed by atoms with Gasteiger partial charge in [0.2, 0.25) is 0 Å². The number of carbonyl (C=O) groups is 1. The largest absolute Gasteiger partial charge is 0.496 e. The standard InChI is InChI=1S/C12H14ClNO5S/c1-18-9-6-10(19-2)11(20(13,16)17)5-8(9)12(15)14-7-3-4-7/h5-7H,3-4H2,1-2H3,(H,14,15). The van der Waals surface area contributed by atoms with Crippen molar-refractivity contribution >= 4 is 25.6 Å². The van der Waals surface area contributed by atoms with Gasteiger partial charge in [-0.15, -0.1) is 0 Å². The molecule has 1 amide bonds. The fourth-order valence-electron chi connectivity index (χ4n) is 1.73. The number of nitrogens with one attached hydrogen (secondary N) is 1. The van der Waals surface area contributed by atoms with E-state index in [9.17, 15) is 13.2 Å². The molecule has 1 N–H and O–H groups in total. The molecule has 1 aliphatic rings. The van der Waals surface area contributed by atoms with Crippen LogP contribution in [0.15, 0.2) is 17.0 Å². The maximum Gasteiger partial charge on any atom is 0.265 e. The highest BCUT2D eigenvalue weighted by Gasteiger charge is 2.28. The fraction of sp³-hybridized carbons (Fsp3) is 0.417. The quantitative estimate of drug-likeness (QED) is 0.832. The van der Waals surface area contributed by atoms with E-state index in [1.54, 1.807) is 0 Å². The molecule has 1 saturated carbocycles. The lowest BCUT2D eigenvalue weighted by molar-refractivity contribution is 0.0947. The molecule has 1 aromatic rings. The van der Waals surface area contributed by atoms with E-state index in [2.05, 4.69) is 5.32 Å². The Bertz CT molecular complexity index is 639. The van der Waals surface area contributed by atoms with Crippen LogP contribution in [0.5, 0.6) is 11.5 Å². The molecule has 0 heterocycles. The first-order chi connectivity index (χ1) is 9.36. The van der Waals surface area contributed by atoms with E-state index < -0.39 is 15.0 Å². The van der Waals surface area contributed by atoms with Gasteiger partial charge < -0.3 is 14.8 Å². The SMILES string of the molecule is COc1cc(OC)c(S(=O)(=O)Cl)cc1C(=O)NC1CC1. The summed E-state index contributed by atoms with van der Waals surface area (Å²) in [6, 6.07) is 2.64. The molecular formula is C12H14ClNO5S. The topological polar surface area (TPSA) is 81.7 Å². The molecule has 0 bridgehead atoms. The molecule has 0 aliphatic heterocycles. The number of benzene rings is 1. The highest BCUT2D eigenvalue weighted by molar-refractivity contribution is 8.13. The third kappa shape index (κ3) is 3.16. The Balaban J connectivity index is 2.51. The predicted octanol–water partition coefficient (Wildman–Crippen LogP) is 1.52. The van der Waals surface area contributed by atoms with Crippen molar-refractivity contribution in [2.24, 2.45) is 0 Å². The molecule has 20 heavy (non-hydrogen) atoms.